The summed E-state index contributed by atoms with van der Waals surface area (Å²) < 4.78 is 36.9. The van der Waals surface area contributed by atoms with Gasteiger partial charge in [0.1, 0.15) is 17.2 Å². The van der Waals surface area contributed by atoms with Crippen molar-refractivity contribution in [2.75, 3.05) is 6.26 Å². The number of imidazole rings is 1. The van der Waals surface area contributed by atoms with Gasteiger partial charge in [-0.1, -0.05) is 6.07 Å². The minimum absolute atomic E-state index is 0.182. The fourth-order valence-corrected chi connectivity index (χ4v) is 3.07. The molecule has 0 aliphatic rings. The number of nitrogens with zero attached hydrogens (tertiary/aromatic N) is 1. The zero-order valence-corrected chi connectivity index (χ0v) is 12.3. The first-order chi connectivity index (χ1) is 9.86. The smallest absolute Gasteiger partial charge is 0.177 e. The van der Waals surface area contributed by atoms with Crippen molar-refractivity contribution in [2.24, 2.45) is 0 Å². The lowest BCUT2D eigenvalue weighted by Gasteiger charge is -1.99. The molecule has 1 N–H and O–H groups in total. The highest BCUT2D eigenvalue weighted by molar-refractivity contribution is 7.91. The molecule has 0 saturated heterocycles. The molecule has 0 saturated carbocycles. The largest absolute Gasteiger partial charge is 0.338 e. The number of H-pyrrole nitrogens is 1. The number of aromatic nitrogens is 2. The van der Waals surface area contributed by atoms with Crippen LogP contribution in [-0.4, -0.2) is 24.6 Å². The van der Waals surface area contributed by atoms with Crippen molar-refractivity contribution in [1.29, 1.82) is 0 Å². The van der Waals surface area contributed by atoms with Crippen molar-refractivity contribution in [1.82, 2.24) is 9.97 Å². The summed E-state index contributed by atoms with van der Waals surface area (Å²) in [6.45, 7) is 1.67. The molecule has 108 valence electrons. The normalized spacial score (nSPS) is 12.0. The molecule has 0 amide bonds. The van der Waals surface area contributed by atoms with Gasteiger partial charge in [-0.2, -0.15) is 0 Å². The maximum Gasteiger partial charge on any atom is 0.177 e. The van der Waals surface area contributed by atoms with E-state index in [4.69, 9.17) is 0 Å². The zero-order chi connectivity index (χ0) is 15.2. The Hall–Kier alpha value is -2.21. The number of nitrogens with one attached hydrogen (secondary N) is 1. The fourth-order valence-electron chi connectivity index (χ4n) is 2.23. The van der Waals surface area contributed by atoms with Gasteiger partial charge in [0.15, 0.2) is 9.84 Å². The average Bonchev–Trinajstić information content (AvgIpc) is 2.84. The molecular formula is C15H13FN2O2S. The summed E-state index contributed by atoms with van der Waals surface area (Å²) in [4.78, 5) is 7.62. The van der Waals surface area contributed by atoms with E-state index in [1.54, 1.807) is 31.2 Å². The molecular weight excluding hydrogens is 291 g/mol. The summed E-state index contributed by atoms with van der Waals surface area (Å²) in [5.41, 5.74) is 2.26. The Morgan fingerprint density at radius 3 is 2.62 bits per heavy atom. The molecule has 0 atom stereocenters. The summed E-state index contributed by atoms with van der Waals surface area (Å²) in [5, 5.41) is 0. The second-order valence-electron chi connectivity index (χ2n) is 4.97. The lowest BCUT2D eigenvalue weighted by molar-refractivity contribution is 0.602. The van der Waals surface area contributed by atoms with Crippen molar-refractivity contribution in [3.63, 3.8) is 0 Å². The summed E-state index contributed by atoms with van der Waals surface area (Å²) in [5.74, 6) is 0.232. The number of aromatic amines is 1. The number of sulfone groups is 1. The van der Waals surface area contributed by atoms with Gasteiger partial charge in [-0.3, -0.25) is 0 Å². The van der Waals surface area contributed by atoms with Crippen LogP contribution in [0.4, 0.5) is 4.39 Å². The minimum Gasteiger partial charge on any atom is -0.338 e. The standard InChI is InChI=1S/C15H13FN2O2S/c1-9-8-10(6-7-11(9)16)15-17-12-4-3-5-13(14(12)18-15)21(2,19)20/h3-8H,1-2H3,(H,17,18). The Morgan fingerprint density at radius 1 is 1.19 bits per heavy atom. The number of aryl methyl sites for hydroxylation is 1. The van der Waals surface area contributed by atoms with Crippen LogP contribution in [0.25, 0.3) is 22.4 Å². The van der Waals surface area contributed by atoms with Gasteiger partial charge in [-0.25, -0.2) is 17.8 Å². The number of hydrogen-bond acceptors (Lipinski definition) is 3. The number of benzene rings is 2. The Morgan fingerprint density at radius 2 is 1.95 bits per heavy atom. The first kappa shape index (κ1) is 13.8. The number of rotatable bonds is 2. The molecule has 3 rings (SSSR count). The predicted molar refractivity (Wildman–Crippen MR) is 79.3 cm³/mol. The summed E-state index contributed by atoms with van der Waals surface area (Å²) in [7, 11) is -3.36. The monoisotopic (exact) mass is 304 g/mol. The molecule has 6 heteroatoms. The molecule has 1 aromatic heterocycles. The first-order valence-electron chi connectivity index (χ1n) is 6.31. The maximum absolute atomic E-state index is 13.3. The Balaban J connectivity index is 2.24. The average molecular weight is 304 g/mol. The molecule has 0 unspecified atom stereocenters. The molecule has 0 aliphatic heterocycles. The van der Waals surface area contributed by atoms with Gasteiger partial charge in [-0.05, 0) is 42.8 Å². The van der Waals surface area contributed by atoms with E-state index in [0.717, 1.165) is 6.26 Å². The van der Waals surface area contributed by atoms with Crippen LogP contribution in [0.2, 0.25) is 0 Å². The SMILES string of the molecule is Cc1cc(-c2nc3c(S(C)(=O)=O)cccc3[nH]2)ccc1F. The van der Waals surface area contributed by atoms with Crippen LogP contribution in [-0.2, 0) is 9.84 Å². The van der Waals surface area contributed by atoms with Gasteiger partial charge in [0.05, 0.1) is 10.4 Å². The molecule has 0 fully saturated rings. The van der Waals surface area contributed by atoms with Gasteiger partial charge in [0.25, 0.3) is 0 Å². The molecule has 0 aliphatic carbocycles. The van der Waals surface area contributed by atoms with Crippen LogP contribution in [0.5, 0.6) is 0 Å². The van der Waals surface area contributed by atoms with Crippen LogP contribution in [0.1, 0.15) is 5.56 Å². The van der Waals surface area contributed by atoms with Crippen LogP contribution >= 0.6 is 0 Å². The van der Waals surface area contributed by atoms with E-state index in [-0.39, 0.29) is 10.7 Å². The minimum atomic E-state index is -3.36. The highest BCUT2D eigenvalue weighted by Gasteiger charge is 2.16. The van der Waals surface area contributed by atoms with E-state index < -0.39 is 9.84 Å². The van der Waals surface area contributed by atoms with Crippen molar-refractivity contribution in [3.05, 3.63) is 47.8 Å². The molecule has 3 aromatic rings. The van der Waals surface area contributed by atoms with Gasteiger partial charge >= 0.3 is 0 Å². The number of halogens is 1. The van der Waals surface area contributed by atoms with E-state index in [1.165, 1.54) is 12.1 Å². The Kier molecular flexibility index (Phi) is 3.06. The van der Waals surface area contributed by atoms with Crippen molar-refractivity contribution in [3.8, 4) is 11.4 Å². The third-order valence-electron chi connectivity index (χ3n) is 3.31. The second-order valence-corrected chi connectivity index (χ2v) is 6.96. The van der Waals surface area contributed by atoms with Crippen LogP contribution < -0.4 is 0 Å². The van der Waals surface area contributed by atoms with Crippen molar-refractivity contribution >= 4 is 20.9 Å². The number of fused-ring (bicyclic) bond motifs is 1. The van der Waals surface area contributed by atoms with Gasteiger partial charge in [0, 0.05) is 11.8 Å². The second kappa shape index (κ2) is 4.66. The Labute approximate surface area is 121 Å². The number of hydrogen-bond donors (Lipinski definition) is 1. The topological polar surface area (TPSA) is 62.8 Å². The molecule has 2 aromatic carbocycles. The molecule has 0 spiro atoms. The third-order valence-corrected chi connectivity index (χ3v) is 4.43. The highest BCUT2D eigenvalue weighted by atomic mass is 32.2. The highest BCUT2D eigenvalue weighted by Crippen LogP contribution is 2.26. The maximum atomic E-state index is 13.3. The summed E-state index contributed by atoms with van der Waals surface area (Å²) in [6, 6.07) is 9.61. The number of para-hydroxylation sites is 1. The van der Waals surface area contributed by atoms with E-state index in [9.17, 15) is 12.8 Å². The van der Waals surface area contributed by atoms with E-state index in [2.05, 4.69) is 9.97 Å². The third kappa shape index (κ3) is 2.42. The molecule has 0 bridgehead atoms. The zero-order valence-electron chi connectivity index (χ0n) is 11.5. The van der Waals surface area contributed by atoms with E-state index in [1.807, 2.05) is 0 Å². The summed E-state index contributed by atoms with van der Waals surface area (Å²) in [6.07, 6.45) is 1.15. The molecule has 0 radical (unpaired) electrons. The Bertz CT molecular complexity index is 945. The quantitative estimate of drug-likeness (QED) is 0.791. The lowest BCUT2D eigenvalue weighted by atomic mass is 10.1. The van der Waals surface area contributed by atoms with Crippen LogP contribution in [0, 0.1) is 12.7 Å². The van der Waals surface area contributed by atoms with Crippen molar-refractivity contribution in [2.45, 2.75) is 11.8 Å². The van der Waals surface area contributed by atoms with Crippen LogP contribution in [0.3, 0.4) is 0 Å². The van der Waals surface area contributed by atoms with Gasteiger partial charge in [-0.15, -0.1) is 0 Å². The van der Waals surface area contributed by atoms with E-state index >= 15 is 0 Å². The predicted octanol–water partition coefficient (Wildman–Crippen LogP) is 3.08. The van der Waals surface area contributed by atoms with Gasteiger partial charge < -0.3 is 4.98 Å². The van der Waals surface area contributed by atoms with E-state index in [0.29, 0.717) is 28.0 Å². The van der Waals surface area contributed by atoms with Crippen LogP contribution in [0.15, 0.2) is 41.3 Å². The molecule has 1 heterocycles. The lowest BCUT2D eigenvalue weighted by Crippen LogP contribution is -1.97. The van der Waals surface area contributed by atoms with Gasteiger partial charge in [0.2, 0.25) is 0 Å². The molecule has 4 nitrogen and oxygen atoms in total. The van der Waals surface area contributed by atoms with Crippen molar-refractivity contribution < 1.29 is 12.8 Å². The molecule has 21 heavy (non-hydrogen) atoms. The first-order valence-corrected chi connectivity index (χ1v) is 8.21. The fraction of sp³-hybridized carbons (Fsp3) is 0.133. The summed E-state index contributed by atoms with van der Waals surface area (Å²) >= 11 is 0.